The fourth-order valence-corrected chi connectivity index (χ4v) is 37.2. The van der Waals surface area contributed by atoms with Crippen LogP contribution in [-0.2, 0) is 9.31 Å². The van der Waals surface area contributed by atoms with E-state index in [1.807, 2.05) is 0 Å². The summed E-state index contributed by atoms with van der Waals surface area (Å²) in [5.74, 6) is 0. The van der Waals surface area contributed by atoms with E-state index in [2.05, 4.69) is 161 Å². The maximum atomic E-state index is 6.89. The van der Waals surface area contributed by atoms with Gasteiger partial charge in [-0.25, -0.2) is 0 Å². The molecule has 2 nitrogen and oxygen atoms in total. The second-order valence-electron chi connectivity index (χ2n) is 14.7. The summed E-state index contributed by atoms with van der Waals surface area (Å²) in [4.78, 5) is 0. The molecule has 0 atom stereocenters. The van der Waals surface area contributed by atoms with E-state index in [1.54, 1.807) is 0 Å². The normalized spacial score (nSPS) is 19.1. The van der Waals surface area contributed by atoms with E-state index in [0.29, 0.717) is 0 Å². The van der Waals surface area contributed by atoms with Gasteiger partial charge in [0.2, 0.25) is 0 Å². The number of hydrogen-bond acceptors (Lipinski definition) is 2. The van der Waals surface area contributed by atoms with E-state index in [0.717, 1.165) is 4.47 Å². The molecule has 0 saturated carbocycles. The molecular weight excluding hydrogens is 626 g/mol. The van der Waals surface area contributed by atoms with Crippen molar-refractivity contribution in [1.82, 2.24) is 0 Å². The summed E-state index contributed by atoms with van der Waals surface area (Å²) in [5, 5.41) is 0. The minimum absolute atomic E-state index is 0.112. The zero-order valence-electron chi connectivity index (χ0n) is 25.5. The fraction of sp³-hybridized carbons (Fsp3) is 0.562. The number of hydrogen-bond donors (Lipinski definition) is 0. The molecule has 37 heavy (non-hydrogen) atoms. The van der Waals surface area contributed by atoms with Crippen molar-refractivity contribution in [2.75, 3.05) is 0 Å². The zero-order valence-corrected chi connectivity index (χ0v) is 29.9. The molecule has 0 amide bonds. The van der Waals surface area contributed by atoms with Gasteiger partial charge in [-0.05, 0) is 0 Å². The van der Waals surface area contributed by atoms with Gasteiger partial charge in [0, 0.05) is 0 Å². The summed E-state index contributed by atoms with van der Waals surface area (Å²) in [5.41, 5.74) is 2.85. The van der Waals surface area contributed by atoms with E-state index in [4.69, 9.17) is 9.31 Å². The zero-order chi connectivity index (χ0) is 28.2. The SMILES string of the molecule is CC1(C)OB(/C(=[C](/c2ccccc2)[Sn]([C](C)(C)C)([C](C)(C)C)[C](C)(C)C)c2ccc(Br)cc2)OC1(C)C. The van der Waals surface area contributed by atoms with E-state index in [9.17, 15) is 0 Å². The van der Waals surface area contributed by atoms with Crippen molar-refractivity contribution in [3.8, 4) is 0 Å². The van der Waals surface area contributed by atoms with Crippen molar-refractivity contribution >= 4 is 50.5 Å². The Hall–Kier alpha value is -0.556. The number of halogens is 1. The molecule has 3 rings (SSSR count). The van der Waals surface area contributed by atoms with Crippen LogP contribution in [0.3, 0.4) is 0 Å². The van der Waals surface area contributed by atoms with E-state index < -0.39 is 36.7 Å². The molecule has 2 aromatic rings. The molecule has 1 aliphatic rings. The summed E-state index contributed by atoms with van der Waals surface area (Å²) in [6.45, 7) is 31.0. The Balaban J connectivity index is 2.64. The van der Waals surface area contributed by atoms with E-state index >= 15 is 0 Å². The first-order chi connectivity index (χ1) is 16.7. The maximum absolute atomic E-state index is 6.89. The van der Waals surface area contributed by atoms with Crippen LogP contribution in [0.2, 0.25) is 10.3 Å². The van der Waals surface area contributed by atoms with Gasteiger partial charge in [-0.1, -0.05) is 0 Å². The molecular formula is C32H48BBrO2Sn. The van der Waals surface area contributed by atoms with Crippen LogP contribution in [0, 0.1) is 0 Å². The van der Waals surface area contributed by atoms with Gasteiger partial charge in [0.15, 0.2) is 0 Å². The van der Waals surface area contributed by atoms with Gasteiger partial charge in [0.25, 0.3) is 0 Å². The van der Waals surface area contributed by atoms with Crippen molar-refractivity contribution in [1.29, 1.82) is 0 Å². The molecule has 0 unspecified atom stereocenters. The Morgan fingerprint density at radius 3 is 1.43 bits per heavy atom. The second kappa shape index (κ2) is 10.1. The second-order valence-corrected chi connectivity index (χ2v) is 34.2. The van der Waals surface area contributed by atoms with Crippen molar-refractivity contribution in [2.45, 2.75) is 112 Å². The average Bonchev–Trinajstić information content (AvgIpc) is 2.93. The van der Waals surface area contributed by atoms with Crippen molar-refractivity contribution in [3.05, 3.63) is 70.2 Å². The van der Waals surface area contributed by atoms with Crippen molar-refractivity contribution in [2.24, 2.45) is 0 Å². The molecule has 2 aromatic carbocycles. The van der Waals surface area contributed by atoms with Gasteiger partial charge < -0.3 is 0 Å². The number of rotatable bonds is 4. The molecule has 0 radical (unpaired) electrons. The third-order valence-corrected chi connectivity index (χ3v) is 32.3. The molecule has 202 valence electrons. The summed E-state index contributed by atoms with van der Waals surface area (Å²) in [6.07, 6.45) is 0. The number of benzene rings is 2. The monoisotopic (exact) mass is 674 g/mol. The van der Waals surface area contributed by atoms with Crippen LogP contribution in [0.25, 0.3) is 9.06 Å². The van der Waals surface area contributed by atoms with Gasteiger partial charge in [0.1, 0.15) is 0 Å². The third kappa shape index (κ3) is 5.43. The van der Waals surface area contributed by atoms with Crippen LogP contribution in [0.4, 0.5) is 0 Å². The Morgan fingerprint density at radius 2 is 1.05 bits per heavy atom. The molecule has 0 N–H and O–H groups in total. The fourth-order valence-electron chi connectivity index (χ4n) is 7.67. The molecule has 0 aliphatic carbocycles. The Labute approximate surface area is 240 Å². The Bertz CT molecular complexity index is 1080. The van der Waals surface area contributed by atoms with Crippen LogP contribution in [0.1, 0.15) is 101 Å². The molecule has 0 bridgehead atoms. The van der Waals surface area contributed by atoms with Crippen LogP contribution < -0.4 is 0 Å². The summed E-state index contributed by atoms with van der Waals surface area (Å²) in [7, 11) is -0.454. The van der Waals surface area contributed by atoms with Gasteiger partial charge in [0.05, 0.1) is 0 Å². The molecule has 1 saturated heterocycles. The average molecular weight is 674 g/mol. The topological polar surface area (TPSA) is 18.5 Å². The molecule has 0 spiro atoms. The van der Waals surface area contributed by atoms with Crippen LogP contribution >= 0.6 is 15.9 Å². The van der Waals surface area contributed by atoms with Crippen LogP contribution in [-0.4, -0.2) is 36.7 Å². The molecule has 1 fully saturated rings. The summed E-state index contributed by atoms with van der Waals surface area (Å²) < 4.78 is 16.7. The quantitative estimate of drug-likeness (QED) is 0.238. The van der Waals surface area contributed by atoms with Crippen LogP contribution in [0.5, 0.6) is 0 Å². The first-order valence-electron chi connectivity index (χ1n) is 13.6. The van der Waals surface area contributed by atoms with Gasteiger partial charge >= 0.3 is 241 Å². The van der Waals surface area contributed by atoms with Gasteiger partial charge in [-0.15, -0.1) is 0 Å². The van der Waals surface area contributed by atoms with Crippen LogP contribution in [0.15, 0.2) is 59.1 Å². The Morgan fingerprint density at radius 1 is 0.649 bits per heavy atom. The Kier molecular flexibility index (Phi) is 8.48. The van der Waals surface area contributed by atoms with Gasteiger partial charge in [-0.2, -0.15) is 0 Å². The first-order valence-corrected chi connectivity index (χ1v) is 20.1. The third-order valence-electron chi connectivity index (χ3n) is 8.73. The summed E-state index contributed by atoms with van der Waals surface area (Å²) in [6, 6.07) is 19.9. The molecule has 5 heteroatoms. The molecule has 1 heterocycles. The predicted octanol–water partition coefficient (Wildman–Crippen LogP) is 10.4. The van der Waals surface area contributed by atoms with E-state index in [-0.39, 0.29) is 10.3 Å². The molecule has 0 aromatic heterocycles. The predicted molar refractivity (Wildman–Crippen MR) is 168 cm³/mol. The summed E-state index contributed by atoms with van der Waals surface area (Å²) >= 11 is 0.0544. The van der Waals surface area contributed by atoms with E-state index in [1.165, 1.54) is 20.2 Å². The molecule has 1 aliphatic heterocycles. The van der Waals surface area contributed by atoms with Crippen molar-refractivity contribution < 1.29 is 9.31 Å². The minimum atomic E-state index is -3.61. The standard InChI is InChI=1S/C20H21BBrO2.3C4H9.Sn/c1-19(2)20(3,4)24-21(23-19)18(14-15-8-6-5-7-9-15)16-10-12-17(22)13-11-16;3*1-4(2)3;/h5-13H,1-4H3;3*1-3H3;. The van der Waals surface area contributed by atoms with Crippen molar-refractivity contribution in [3.63, 3.8) is 0 Å². The first kappa shape index (κ1) is 31.0. The van der Waals surface area contributed by atoms with Gasteiger partial charge in [-0.3, -0.25) is 0 Å².